The average Bonchev–Trinajstić information content (AvgIpc) is 3.07. The summed E-state index contributed by atoms with van der Waals surface area (Å²) in [5.41, 5.74) is 0.879. The molecule has 2 aliphatic rings. The Labute approximate surface area is 126 Å². The molecule has 0 aromatic heterocycles. The molecular formula is C16H22N2O2S. The summed E-state index contributed by atoms with van der Waals surface area (Å²) in [5.74, 6) is 2.15. The number of rotatable bonds is 5. The van der Waals surface area contributed by atoms with Crippen molar-refractivity contribution in [2.45, 2.75) is 17.7 Å². The molecule has 0 heterocycles. The lowest BCUT2D eigenvalue weighted by Gasteiger charge is -2.19. The predicted molar refractivity (Wildman–Crippen MR) is 84.6 cm³/mol. The third-order valence-electron chi connectivity index (χ3n) is 4.60. The van der Waals surface area contributed by atoms with E-state index in [1.807, 2.05) is 6.07 Å². The van der Waals surface area contributed by atoms with Crippen molar-refractivity contribution in [3.63, 3.8) is 0 Å². The van der Waals surface area contributed by atoms with Crippen molar-refractivity contribution < 1.29 is 8.42 Å². The van der Waals surface area contributed by atoms with E-state index >= 15 is 0 Å². The molecule has 3 atom stereocenters. The maximum atomic E-state index is 12.1. The lowest BCUT2D eigenvalue weighted by molar-refractivity contribution is 0.472. The second kappa shape index (κ2) is 5.46. The third-order valence-corrected chi connectivity index (χ3v) is 6.41. The van der Waals surface area contributed by atoms with Gasteiger partial charge in [0.1, 0.15) is 0 Å². The summed E-state index contributed by atoms with van der Waals surface area (Å²) in [6.07, 6.45) is 7.23. The molecule has 21 heavy (non-hydrogen) atoms. The number of sulfonamides is 1. The lowest BCUT2D eigenvalue weighted by atomic mass is 9.93. The van der Waals surface area contributed by atoms with E-state index in [0.29, 0.717) is 16.7 Å². The van der Waals surface area contributed by atoms with Gasteiger partial charge in [-0.15, -0.1) is 0 Å². The number of fused-ring (bicyclic) bond motifs is 2. The maximum Gasteiger partial charge on any atom is 0.242 e. The van der Waals surface area contributed by atoms with Crippen LogP contribution in [0.3, 0.4) is 0 Å². The summed E-state index contributed by atoms with van der Waals surface area (Å²) in [7, 11) is -0.258. The van der Waals surface area contributed by atoms with Crippen LogP contribution in [0.2, 0.25) is 0 Å². The molecule has 0 amide bonds. The van der Waals surface area contributed by atoms with Gasteiger partial charge in [0.2, 0.25) is 10.0 Å². The zero-order valence-electron chi connectivity index (χ0n) is 12.5. The summed E-state index contributed by atoms with van der Waals surface area (Å²) >= 11 is 0. The quantitative estimate of drug-likeness (QED) is 0.851. The van der Waals surface area contributed by atoms with Gasteiger partial charge in [0.25, 0.3) is 0 Å². The first-order valence-electron chi connectivity index (χ1n) is 7.41. The highest BCUT2D eigenvalue weighted by atomic mass is 32.2. The summed E-state index contributed by atoms with van der Waals surface area (Å²) in [4.78, 5) is 0.338. The highest BCUT2D eigenvalue weighted by molar-refractivity contribution is 7.89. The van der Waals surface area contributed by atoms with Gasteiger partial charge in [0.15, 0.2) is 0 Å². The molecule has 1 aromatic rings. The Morgan fingerprint density at radius 3 is 2.67 bits per heavy atom. The van der Waals surface area contributed by atoms with Crippen LogP contribution in [0.1, 0.15) is 12.8 Å². The number of hydrogen-bond acceptors (Lipinski definition) is 3. The maximum absolute atomic E-state index is 12.1. The van der Waals surface area contributed by atoms with Gasteiger partial charge in [-0.1, -0.05) is 18.2 Å². The van der Waals surface area contributed by atoms with E-state index in [4.69, 9.17) is 0 Å². The van der Waals surface area contributed by atoms with E-state index in [0.717, 1.165) is 18.2 Å². The van der Waals surface area contributed by atoms with Crippen molar-refractivity contribution in [1.82, 2.24) is 4.31 Å². The van der Waals surface area contributed by atoms with Crippen LogP contribution in [0.15, 0.2) is 41.3 Å². The molecule has 5 heteroatoms. The molecule has 2 bridgehead atoms. The highest BCUT2D eigenvalue weighted by Crippen LogP contribution is 2.43. The van der Waals surface area contributed by atoms with Crippen molar-refractivity contribution in [1.29, 1.82) is 0 Å². The fourth-order valence-corrected chi connectivity index (χ4v) is 4.30. The largest absolute Gasteiger partial charge is 0.385 e. The summed E-state index contributed by atoms with van der Waals surface area (Å²) in [6, 6.07) is 7.08. The number of hydrogen-bond donors (Lipinski definition) is 1. The fourth-order valence-electron chi connectivity index (χ4n) is 3.36. The van der Waals surface area contributed by atoms with Crippen molar-refractivity contribution in [3.05, 3.63) is 36.4 Å². The molecule has 0 radical (unpaired) electrons. The molecule has 2 aliphatic carbocycles. The van der Waals surface area contributed by atoms with Crippen LogP contribution in [-0.4, -0.2) is 33.4 Å². The van der Waals surface area contributed by atoms with E-state index in [-0.39, 0.29) is 0 Å². The molecule has 0 spiro atoms. The minimum absolute atomic E-state index is 0.338. The Morgan fingerprint density at radius 1 is 1.24 bits per heavy atom. The molecule has 114 valence electrons. The Balaban J connectivity index is 1.68. The molecule has 1 N–H and O–H groups in total. The Morgan fingerprint density at radius 2 is 2.05 bits per heavy atom. The second-order valence-corrected chi connectivity index (χ2v) is 8.39. The average molecular weight is 306 g/mol. The molecule has 1 saturated carbocycles. The van der Waals surface area contributed by atoms with Crippen molar-refractivity contribution >= 4 is 15.7 Å². The summed E-state index contributed by atoms with van der Waals surface area (Å²) in [5, 5.41) is 3.41. The van der Waals surface area contributed by atoms with Crippen molar-refractivity contribution in [2.75, 3.05) is 26.0 Å². The van der Waals surface area contributed by atoms with Gasteiger partial charge < -0.3 is 5.32 Å². The minimum atomic E-state index is -3.36. The van der Waals surface area contributed by atoms with Crippen LogP contribution < -0.4 is 5.32 Å². The molecule has 0 saturated heterocycles. The molecule has 4 nitrogen and oxygen atoms in total. The molecule has 1 fully saturated rings. The van der Waals surface area contributed by atoms with Gasteiger partial charge >= 0.3 is 0 Å². The van der Waals surface area contributed by atoms with Gasteiger partial charge in [0.05, 0.1) is 4.90 Å². The zero-order valence-corrected chi connectivity index (χ0v) is 13.3. The molecule has 3 rings (SSSR count). The summed E-state index contributed by atoms with van der Waals surface area (Å²) < 4.78 is 25.5. The fraction of sp³-hybridized carbons (Fsp3) is 0.500. The Hall–Kier alpha value is -1.33. The summed E-state index contributed by atoms with van der Waals surface area (Å²) in [6.45, 7) is 0.914. The van der Waals surface area contributed by atoms with Crippen LogP contribution in [0.25, 0.3) is 0 Å². The van der Waals surface area contributed by atoms with E-state index < -0.39 is 10.0 Å². The first kappa shape index (κ1) is 14.6. The standard InChI is InChI=1S/C16H22N2O2S/c1-18(2)21(19,20)16-5-3-4-15(10-16)17-11-14-9-12-6-7-13(14)8-12/h3-7,10,12-14,17H,8-9,11H2,1-2H3. The van der Waals surface area contributed by atoms with Gasteiger partial charge in [0, 0.05) is 26.3 Å². The van der Waals surface area contributed by atoms with Crippen LogP contribution in [0.5, 0.6) is 0 Å². The Bertz CT molecular complexity index is 652. The van der Waals surface area contributed by atoms with E-state index in [2.05, 4.69) is 17.5 Å². The van der Waals surface area contributed by atoms with Gasteiger partial charge in [-0.05, 0) is 48.8 Å². The monoisotopic (exact) mass is 306 g/mol. The molecule has 3 unspecified atom stereocenters. The Kier molecular flexibility index (Phi) is 3.80. The first-order valence-corrected chi connectivity index (χ1v) is 8.85. The minimum Gasteiger partial charge on any atom is -0.385 e. The second-order valence-electron chi connectivity index (χ2n) is 6.24. The molecular weight excluding hydrogens is 284 g/mol. The van der Waals surface area contributed by atoms with Gasteiger partial charge in [-0.25, -0.2) is 12.7 Å². The van der Waals surface area contributed by atoms with E-state index in [1.54, 1.807) is 32.3 Å². The number of nitrogens with one attached hydrogen (secondary N) is 1. The number of allylic oxidation sites excluding steroid dienone is 2. The van der Waals surface area contributed by atoms with Gasteiger partial charge in [-0.2, -0.15) is 0 Å². The third kappa shape index (κ3) is 2.85. The molecule has 1 aromatic carbocycles. The van der Waals surface area contributed by atoms with Crippen molar-refractivity contribution in [3.8, 4) is 0 Å². The number of nitrogens with zero attached hydrogens (tertiary/aromatic N) is 1. The van der Waals surface area contributed by atoms with E-state index in [9.17, 15) is 8.42 Å². The zero-order chi connectivity index (χ0) is 15.0. The molecule has 0 aliphatic heterocycles. The lowest BCUT2D eigenvalue weighted by Crippen LogP contribution is -2.22. The van der Waals surface area contributed by atoms with Crippen LogP contribution in [0.4, 0.5) is 5.69 Å². The SMILES string of the molecule is CN(C)S(=O)(=O)c1cccc(NCC2CC3C=CC2C3)c1. The van der Waals surface area contributed by atoms with Crippen LogP contribution in [0, 0.1) is 17.8 Å². The topological polar surface area (TPSA) is 49.4 Å². The van der Waals surface area contributed by atoms with Crippen LogP contribution >= 0.6 is 0 Å². The first-order chi connectivity index (χ1) is 9.96. The normalized spacial score (nSPS) is 27.5. The number of benzene rings is 1. The van der Waals surface area contributed by atoms with E-state index in [1.165, 1.54) is 17.1 Å². The highest BCUT2D eigenvalue weighted by Gasteiger charge is 2.35. The number of anilines is 1. The van der Waals surface area contributed by atoms with Crippen LogP contribution in [-0.2, 0) is 10.0 Å². The smallest absolute Gasteiger partial charge is 0.242 e. The van der Waals surface area contributed by atoms with Crippen molar-refractivity contribution in [2.24, 2.45) is 17.8 Å². The predicted octanol–water partition coefficient (Wildman–Crippen LogP) is 2.56. The van der Waals surface area contributed by atoms with Gasteiger partial charge in [-0.3, -0.25) is 0 Å².